The summed E-state index contributed by atoms with van der Waals surface area (Å²) in [6.45, 7) is 0. The van der Waals surface area contributed by atoms with Gasteiger partial charge in [0, 0.05) is 16.2 Å². The van der Waals surface area contributed by atoms with Crippen LogP contribution in [-0.4, -0.2) is 11.3 Å². The van der Waals surface area contributed by atoms with Gasteiger partial charge in [0.05, 0.1) is 5.56 Å². The van der Waals surface area contributed by atoms with Gasteiger partial charge in [-0.25, -0.2) is 4.98 Å². The molecule has 0 fully saturated rings. The topological polar surface area (TPSA) is 56.0 Å². The average molecular weight is 277 g/mol. The average Bonchev–Trinajstić information content (AvgIpc) is 2.29. The molecule has 2 aromatic rings. The van der Waals surface area contributed by atoms with E-state index in [1.807, 2.05) is 24.3 Å². The summed E-state index contributed by atoms with van der Waals surface area (Å²) in [7, 11) is 0. The van der Waals surface area contributed by atoms with E-state index in [2.05, 4.69) is 20.9 Å². The first-order valence-corrected chi connectivity index (χ1v) is 5.46. The molecule has 0 amide bonds. The maximum atomic E-state index is 10.7. The Kier molecular flexibility index (Phi) is 3.01. The zero-order valence-electron chi connectivity index (χ0n) is 8.35. The van der Waals surface area contributed by atoms with Crippen molar-refractivity contribution in [2.24, 2.45) is 0 Å². The minimum Gasteiger partial charge on any atom is -0.383 e. The van der Waals surface area contributed by atoms with Crippen LogP contribution < -0.4 is 5.73 Å². The molecule has 0 unspecified atom stereocenters. The van der Waals surface area contributed by atoms with Crippen molar-refractivity contribution in [3.8, 4) is 11.1 Å². The van der Waals surface area contributed by atoms with Gasteiger partial charge >= 0.3 is 0 Å². The lowest BCUT2D eigenvalue weighted by atomic mass is 10.1. The van der Waals surface area contributed by atoms with Gasteiger partial charge in [-0.05, 0) is 23.8 Å². The monoisotopic (exact) mass is 276 g/mol. The Morgan fingerprint density at radius 2 is 2.06 bits per heavy atom. The van der Waals surface area contributed by atoms with E-state index in [4.69, 9.17) is 5.73 Å². The number of nitrogens with two attached hydrogens (primary N) is 1. The van der Waals surface area contributed by atoms with Crippen molar-refractivity contribution in [1.82, 2.24) is 4.98 Å². The number of nitrogens with zero attached hydrogens (tertiary/aromatic N) is 1. The highest BCUT2D eigenvalue weighted by Gasteiger charge is 2.03. The summed E-state index contributed by atoms with van der Waals surface area (Å²) >= 11 is 3.39. The van der Waals surface area contributed by atoms with E-state index in [1.54, 1.807) is 12.3 Å². The molecule has 0 saturated carbocycles. The Labute approximate surface area is 101 Å². The molecular weight excluding hydrogens is 268 g/mol. The highest BCUT2D eigenvalue weighted by atomic mass is 79.9. The predicted molar refractivity (Wildman–Crippen MR) is 67.2 cm³/mol. The summed E-state index contributed by atoms with van der Waals surface area (Å²) in [5, 5.41) is 0. The predicted octanol–water partition coefficient (Wildman–Crippen LogP) is 2.91. The number of aldehydes is 1. The molecule has 1 aromatic carbocycles. The van der Waals surface area contributed by atoms with E-state index >= 15 is 0 Å². The van der Waals surface area contributed by atoms with Gasteiger partial charge in [-0.3, -0.25) is 4.79 Å². The normalized spacial score (nSPS) is 10.1. The molecule has 0 radical (unpaired) electrons. The van der Waals surface area contributed by atoms with E-state index in [9.17, 15) is 4.79 Å². The Bertz CT molecular complexity index is 540. The molecule has 0 aliphatic carbocycles. The lowest BCUT2D eigenvalue weighted by Gasteiger charge is -2.04. The van der Waals surface area contributed by atoms with Crippen LogP contribution in [0.15, 0.2) is 41.0 Å². The fourth-order valence-corrected chi connectivity index (χ4v) is 1.81. The molecule has 16 heavy (non-hydrogen) atoms. The Morgan fingerprint density at radius 3 is 2.75 bits per heavy atom. The van der Waals surface area contributed by atoms with Crippen molar-refractivity contribution in [2.45, 2.75) is 0 Å². The minimum atomic E-state index is 0.258. The summed E-state index contributed by atoms with van der Waals surface area (Å²) in [6.07, 6.45) is 2.37. The van der Waals surface area contributed by atoms with Crippen LogP contribution in [0, 0.1) is 0 Å². The minimum absolute atomic E-state index is 0.258. The molecule has 80 valence electrons. The summed E-state index contributed by atoms with van der Waals surface area (Å²) in [4.78, 5) is 14.7. The van der Waals surface area contributed by atoms with Crippen LogP contribution in [0.4, 0.5) is 5.82 Å². The molecule has 2 rings (SSSR count). The van der Waals surface area contributed by atoms with Crippen LogP contribution in [0.5, 0.6) is 0 Å². The van der Waals surface area contributed by atoms with E-state index in [0.717, 1.165) is 15.6 Å². The van der Waals surface area contributed by atoms with Crippen LogP contribution >= 0.6 is 15.9 Å². The quantitative estimate of drug-likeness (QED) is 0.859. The third-order valence-electron chi connectivity index (χ3n) is 2.23. The molecule has 0 aliphatic heterocycles. The molecule has 1 heterocycles. The number of pyridine rings is 1. The van der Waals surface area contributed by atoms with E-state index in [0.29, 0.717) is 11.8 Å². The smallest absolute Gasteiger partial charge is 0.153 e. The number of hydrogen-bond donors (Lipinski definition) is 1. The van der Waals surface area contributed by atoms with Crippen molar-refractivity contribution >= 4 is 28.0 Å². The molecule has 0 spiro atoms. The van der Waals surface area contributed by atoms with Crippen LogP contribution in [-0.2, 0) is 0 Å². The number of carbonyl (C=O) groups is 1. The molecule has 1 aromatic heterocycles. The fourth-order valence-electron chi connectivity index (χ4n) is 1.41. The highest BCUT2D eigenvalue weighted by molar-refractivity contribution is 9.10. The van der Waals surface area contributed by atoms with Crippen molar-refractivity contribution in [2.75, 3.05) is 5.73 Å². The Morgan fingerprint density at radius 1 is 1.25 bits per heavy atom. The number of carbonyl (C=O) groups excluding carboxylic acids is 1. The lowest BCUT2D eigenvalue weighted by Crippen LogP contribution is -1.96. The van der Waals surface area contributed by atoms with Crippen LogP contribution in [0.3, 0.4) is 0 Å². The largest absolute Gasteiger partial charge is 0.383 e. The van der Waals surface area contributed by atoms with Gasteiger partial charge in [0.2, 0.25) is 0 Å². The van der Waals surface area contributed by atoms with Crippen molar-refractivity contribution in [3.63, 3.8) is 0 Å². The maximum Gasteiger partial charge on any atom is 0.153 e. The number of hydrogen-bond acceptors (Lipinski definition) is 3. The second-order valence-electron chi connectivity index (χ2n) is 3.33. The molecule has 2 N–H and O–H groups in total. The molecule has 4 heteroatoms. The maximum absolute atomic E-state index is 10.7. The van der Waals surface area contributed by atoms with Crippen LogP contribution in [0.25, 0.3) is 11.1 Å². The van der Waals surface area contributed by atoms with Crippen molar-refractivity contribution in [3.05, 3.63) is 46.6 Å². The summed E-state index contributed by atoms with van der Waals surface area (Å²) < 4.78 is 0.981. The molecule has 0 bridgehead atoms. The highest BCUT2D eigenvalue weighted by Crippen LogP contribution is 2.24. The zero-order chi connectivity index (χ0) is 11.5. The SMILES string of the molecule is Nc1ncc(-c2cccc(Br)c2)cc1C=O. The fraction of sp³-hybridized carbons (Fsp3) is 0. The zero-order valence-corrected chi connectivity index (χ0v) is 9.94. The first kappa shape index (κ1) is 10.8. The molecular formula is C12H9BrN2O. The van der Waals surface area contributed by atoms with Gasteiger partial charge in [-0.2, -0.15) is 0 Å². The lowest BCUT2D eigenvalue weighted by molar-refractivity contribution is 0.112. The number of rotatable bonds is 2. The van der Waals surface area contributed by atoms with Gasteiger partial charge in [0.25, 0.3) is 0 Å². The summed E-state index contributed by atoms with van der Waals surface area (Å²) in [5.74, 6) is 0.258. The standard InChI is InChI=1S/C12H9BrN2O/c13-11-3-1-2-8(5-11)9-4-10(7-16)12(14)15-6-9/h1-7H,(H2,14,15). The second kappa shape index (κ2) is 4.45. The van der Waals surface area contributed by atoms with E-state index < -0.39 is 0 Å². The van der Waals surface area contributed by atoms with Gasteiger partial charge in [0.15, 0.2) is 6.29 Å². The van der Waals surface area contributed by atoms with Gasteiger partial charge in [-0.1, -0.05) is 28.1 Å². The Hall–Kier alpha value is -1.68. The second-order valence-corrected chi connectivity index (χ2v) is 4.24. The van der Waals surface area contributed by atoms with Crippen molar-refractivity contribution in [1.29, 1.82) is 0 Å². The first-order valence-electron chi connectivity index (χ1n) is 4.67. The molecule has 0 atom stereocenters. The van der Waals surface area contributed by atoms with Gasteiger partial charge in [-0.15, -0.1) is 0 Å². The first-order chi connectivity index (χ1) is 7.70. The number of aromatic nitrogens is 1. The van der Waals surface area contributed by atoms with Gasteiger partial charge < -0.3 is 5.73 Å². The molecule has 3 nitrogen and oxygen atoms in total. The van der Waals surface area contributed by atoms with Crippen LogP contribution in [0.2, 0.25) is 0 Å². The Balaban J connectivity index is 2.52. The number of anilines is 1. The van der Waals surface area contributed by atoms with Gasteiger partial charge in [0.1, 0.15) is 5.82 Å². The summed E-state index contributed by atoms with van der Waals surface area (Å²) in [6, 6.07) is 9.51. The summed E-state index contributed by atoms with van der Waals surface area (Å²) in [5.41, 5.74) is 7.83. The molecule has 0 saturated heterocycles. The van der Waals surface area contributed by atoms with Crippen LogP contribution in [0.1, 0.15) is 10.4 Å². The number of nitrogen functional groups attached to an aromatic ring is 1. The number of halogens is 1. The number of benzene rings is 1. The van der Waals surface area contributed by atoms with E-state index in [1.165, 1.54) is 0 Å². The third-order valence-corrected chi connectivity index (χ3v) is 2.73. The van der Waals surface area contributed by atoms with E-state index in [-0.39, 0.29) is 5.82 Å². The van der Waals surface area contributed by atoms with Crippen molar-refractivity contribution < 1.29 is 4.79 Å². The molecule has 0 aliphatic rings. The third kappa shape index (κ3) is 2.12.